The molecule has 0 aliphatic heterocycles. The van der Waals surface area contributed by atoms with Crippen LogP contribution < -0.4 is 15.6 Å². The summed E-state index contributed by atoms with van der Waals surface area (Å²) in [4.78, 5) is 25.8. The molecule has 2 aromatic rings. The van der Waals surface area contributed by atoms with E-state index in [-0.39, 0.29) is 11.6 Å². The van der Waals surface area contributed by atoms with Crippen LogP contribution in [0.3, 0.4) is 0 Å². The molecule has 1 aliphatic carbocycles. The van der Waals surface area contributed by atoms with Crippen molar-refractivity contribution in [2.75, 3.05) is 7.11 Å². The molecule has 0 radical (unpaired) electrons. The molecule has 1 aromatic carbocycles. The van der Waals surface area contributed by atoms with Crippen LogP contribution >= 0.6 is 0 Å². The SMILES string of the molecule is COc1ccc2c(c1)CCC2NC(=O)c1ccc(C(F)(F)F)[nH]c1=O. The summed E-state index contributed by atoms with van der Waals surface area (Å²) < 4.78 is 42.9. The van der Waals surface area contributed by atoms with E-state index < -0.39 is 23.3 Å². The second-order valence-corrected chi connectivity index (χ2v) is 5.74. The van der Waals surface area contributed by atoms with Gasteiger partial charge < -0.3 is 15.0 Å². The van der Waals surface area contributed by atoms with Crippen LogP contribution in [0.4, 0.5) is 13.2 Å². The van der Waals surface area contributed by atoms with Crippen molar-refractivity contribution in [3.05, 3.63) is 63.1 Å². The van der Waals surface area contributed by atoms with Gasteiger partial charge in [-0.3, -0.25) is 9.59 Å². The first-order chi connectivity index (χ1) is 11.8. The van der Waals surface area contributed by atoms with Crippen LogP contribution in [0.2, 0.25) is 0 Å². The number of carbonyl (C=O) groups is 1. The third-order valence-corrected chi connectivity index (χ3v) is 4.19. The lowest BCUT2D eigenvalue weighted by Crippen LogP contribution is -2.32. The first kappa shape index (κ1) is 17.1. The number of hydrogen-bond acceptors (Lipinski definition) is 3. The number of rotatable bonds is 3. The number of alkyl halides is 3. The van der Waals surface area contributed by atoms with Gasteiger partial charge in [0.1, 0.15) is 17.0 Å². The number of carbonyl (C=O) groups excluding carboxylic acids is 1. The van der Waals surface area contributed by atoms with Gasteiger partial charge in [0.05, 0.1) is 13.2 Å². The molecule has 1 heterocycles. The quantitative estimate of drug-likeness (QED) is 0.892. The fraction of sp³-hybridized carbons (Fsp3) is 0.294. The fourth-order valence-electron chi connectivity index (χ4n) is 2.92. The number of benzene rings is 1. The Morgan fingerprint density at radius 2 is 2.04 bits per heavy atom. The van der Waals surface area contributed by atoms with E-state index in [2.05, 4.69) is 5.32 Å². The minimum absolute atomic E-state index is 0.296. The number of amides is 1. The highest BCUT2D eigenvalue weighted by Gasteiger charge is 2.32. The van der Waals surface area contributed by atoms with Gasteiger partial charge in [-0.25, -0.2) is 0 Å². The van der Waals surface area contributed by atoms with E-state index in [9.17, 15) is 22.8 Å². The van der Waals surface area contributed by atoms with E-state index in [1.54, 1.807) is 18.2 Å². The molecule has 1 amide bonds. The second kappa shape index (κ2) is 6.27. The Bertz CT molecular complexity index is 874. The van der Waals surface area contributed by atoms with Gasteiger partial charge >= 0.3 is 6.18 Å². The monoisotopic (exact) mass is 352 g/mol. The van der Waals surface area contributed by atoms with Gasteiger partial charge in [0.25, 0.3) is 11.5 Å². The normalized spacial score (nSPS) is 16.4. The molecular formula is C17H15F3N2O3. The lowest BCUT2D eigenvalue weighted by atomic mass is 10.1. The molecule has 0 saturated carbocycles. The topological polar surface area (TPSA) is 71.2 Å². The van der Waals surface area contributed by atoms with Crippen LogP contribution in [0.5, 0.6) is 5.75 Å². The molecule has 3 rings (SSSR count). The molecule has 25 heavy (non-hydrogen) atoms. The summed E-state index contributed by atoms with van der Waals surface area (Å²) in [5.41, 5.74) is -0.661. The average Bonchev–Trinajstić information content (AvgIpc) is 2.95. The van der Waals surface area contributed by atoms with Gasteiger partial charge in [0.2, 0.25) is 0 Å². The number of halogens is 3. The molecule has 2 N–H and O–H groups in total. The summed E-state index contributed by atoms with van der Waals surface area (Å²) >= 11 is 0. The standard InChI is InChI=1S/C17H15F3N2O3/c1-25-10-3-4-11-9(8-10)2-6-13(11)21-15(23)12-5-7-14(17(18,19)20)22-16(12)24/h3-5,7-8,13H,2,6H2,1H3,(H,21,23)(H,22,24). The number of aromatic amines is 1. The fourth-order valence-corrected chi connectivity index (χ4v) is 2.92. The van der Waals surface area contributed by atoms with Crippen molar-refractivity contribution in [2.24, 2.45) is 0 Å². The van der Waals surface area contributed by atoms with E-state index in [0.29, 0.717) is 18.2 Å². The molecule has 0 saturated heterocycles. The van der Waals surface area contributed by atoms with E-state index in [1.165, 1.54) is 0 Å². The summed E-state index contributed by atoms with van der Waals surface area (Å²) in [6.07, 6.45) is -3.29. The number of fused-ring (bicyclic) bond motifs is 1. The summed E-state index contributed by atoms with van der Waals surface area (Å²) in [5, 5.41) is 2.71. The predicted molar refractivity (Wildman–Crippen MR) is 83.6 cm³/mol. The second-order valence-electron chi connectivity index (χ2n) is 5.74. The van der Waals surface area contributed by atoms with Crippen LogP contribution in [-0.4, -0.2) is 18.0 Å². The summed E-state index contributed by atoms with van der Waals surface area (Å²) in [5.74, 6) is 0.00792. The Labute approximate surface area is 140 Å². The number of aryl methyl sites for hydroxylation is 1. The van der Waals surface area contributed by atoms with Crippen molar-refractivity contribution in [1.29, 1.82) is 0 Å². The third-order valence-electron chi connectivity index (χ3n) is 4.19. The van der Waals surface area contributed by atoms with Crippen LogP contribution in [-0.2, 0) is 12.6 Å². The van der Waals surface area contributed by atoms with Gasteiger partial charge in [0, 0.05) is 0 Å². The van der Waals surface area contributed by atoms with Gasteiger partial charge in [-0.1, -0.05) is 6.07 Å². The van der Waals surface area contributed by atoms with Crippen molar-refractivity contribution in [3.63, 3.8) is 0 Å². The number of ether oxygens (including phenoxy) is 1. The number of H-pyrrole nitrogens is 1. The van der Waals surface area contributed by atoms with Gasteiger partial charge in [-0.05, 0) is 48.2 Å². The lowest BCUT2D eigenvalue weighted by molar-refractivity contribution is -0.141. The Morgan fingerprint density at radius 1 is 1.28 bits per heavy atom. The van der Waals surface area contributed by atoms with Gasteiger partial charge in [0.15, 0.2) is 0 Å². The zero-order chi connectivity index (χ0) is 18.2. The highest BCUT2D eigenvalue weighted by Crippen LogP contribution is 2.33. The number of nitrogens with one attached hydrogen (secondary N) is 2. The molecule has 5 nitrogen and oxygen atoms in total. The predicted octanol–water partition coefficient (Wildman–Crippen LogP) is 2.82. The van der Waals surface area contributed by atoms with Crippen LogP contribution in [0.15, 0.2) is 35.1 Å². The molecule has 0 fully saturated rings. The Balaban J connectivity index is 1.80. The van der Waals surface area contributed by atoms with E-state index in [0.717, 1.165) is 23.6 Å². The van der Waals surface area contributed by atoms with Crippen molar-refractivity contribution in [3.8, 4) is 5.75 Å². The summed E-state index contributed by atoms with van der Waals surface area (Å²) in [7, 11) is 1.56. The molecule has 0 bridgehead atoms. The molecule has 132 valence electrons. The average molecular weight is 352 g/mol. The first-order valence-corrected chi connectivity index (χ1v) is 7.58. The number of aromatic nitrogens is 1. The Morgan fingerprint density at radius 3 is 2.68 bits per heavy atom. The summed E-state index contributed by atoms with van der Waals surface area (Å²) in [6.45, 7) is 0. The van der Waals surface area contributed by atoms with Crippen molar-refractivity contribution in [2.45, 2.75) is 25.1 Å². The molecule has 8 heteroatoms. The molecule has 1 aromatic heterocycles. The highest BCUT2D eigenvalue weighted by atomic mass is 19.4. The lowest BCUT2D eigenvalue weighted by Gasteiger charge is -2.14. The first-order valence-electron chi connectivity index (χ1n) is 7.58. The van der Waals surface area contributed by atoms with Gasteiger partial charge in [-0.15, -0.1) is 0 Å². The zero-order valence-electron chi connectivity index (χ0n) is 13.2. The Kier molecular flexibility index (Phi) is 4.28. The van der Waals surface area contributed by atoms with Crippen LogP contribution in [0.25, 0.3) is 0 Å². The van der Waals surface area contributed by atoms with Crippen molar-refractivity contribution < 1.29 is 22.7 Å². The number of hydrogen-bond donors (Lipinski definition) is 2. The summed E-state index contributed by atoms with van der Waals surface area (Å²) in [6, 6.07) is 6.77. The highest BCUT2D eigenvalue weighted by molar-refractivity contribution is 5.94. The smallest absolute Gasteiger partial charge is 0.431 e. The molecule has 0 spiro atoms. The van der Waals surface area contributed by atoms with E-state index in [1.807, 2.05) is 12.1 Å². The maximum atomic E-state index is 12.6. The van der Waals surface area contributed by atoms with Gasteiger partial charge in [-0.2, -0.15) is 13.2 Å². The molecule has 1 atom stereocenters. The zero-order valence-corrected chi connectivity index (χ0v) is 13.2. The van der Waals surface area contributed by atoms with Crippen LogP contribution in [0, 0.1) is 0 Å². The van der Waals surface area contributed by atoms with Crippen molar-refractivity contribution in [1.82, 2.24) is 10.3 Å². The maximum absolute atomic E-state index is 12.6. The molecular weight excluding hydrogens is 337 g/mol. The number of methoxy groups -OCH3 is 1. The largest absolute Gasteiger partial charge is 0.497 e. The molecule has 1 unspecified atom stereocenters. The minimum Gasteiger partial charge on any atom is -0.497 e. The maximum Gasteiger partial charge on any atom is 0.431 e. The third kappa shape index (κ3) is 3.38. The minimum atomic E-state index is -4.67. The van der Waals surface area contributed by atoms with E-state index >= 15 is 0 Å². The van der Waals surface area contributed by atoms with Crippen LogP contribution in [0.1, 0.15) is 39.6 Å². The van der Waals surface area contributed by atoms with E-state index in [4.69, 9.17) is 4.74 Å². The molecule has 1 aliphatic rings. The number of pyridine rings is 1. The Hall–Kier alpha value is -2.77. The van der Waals surface area contributed by atoms with Crippen molar-refractivity contribution >= 4 is 5.91 Å².